The number of hydrogen-bond donors (Lipinski definition) is 1. The third-order valence-corrected chi connectivity index (χ3v) is 5.56. The summed E-state index contributed by atoms with van der Waals surface area (Å²) in [7, 11) is 1.56. The number of nitrogens with one attached hydrogen (secondary N) is 1. The molecule has 1 amide bonds. The molecule has 3 aromatic rings. The third kappa shape index (κ3) is 5.66. The second-order valence-corrected chi connectivity index (χ2v) is 9.30. The summed E-state index contributed by atoms with van der Waals surface area (Å²) in [5, 5.41) is 11.8. The van der Waals surface area contributed by atoms with Gasteiger partial charge >= 0.3 is 0 Å². The molecule has 1 N–H and O–H groups in total. The number of unbranched alkanes of at least 4 members (excludes halogenated alkanes) is 1. The summed E-state index contributed by atoms with van der Waals surface area (Å²) < 4.78 is 12.9. The first-order valence-electron chi connectivity index (χ1n) is 11.0. The molecular weight excluding hydrogens is 440 g/mol. The number of hydrogen-bond acceptors (Lipinski definition) is 5. The number of halogens is 1. The van der Waals surface area contributed by atoms with Crippen molar-refractivity contribution in [2.75, 3.05) is 19.0 Å². The van der Waals surface area contributed by atoms with Crippen LogP contribution in [-0.4, -0.2) is 34.6 Å². The summed E-state index contributed by atoms with van der Waals surface area (Å²) in [5.41, 5.74) is 2.99. The number of rotatable bonds is 8. The number of methoxy groups -OCH3 is 1. The van der Waals surface area contributed by atoms with E-state index in [4.69, 9.17) is 21.1 Å². The Morgan fingerprint density at radius 1 is 1.15 bits per heavy atom. The van der Waals surface area contributed by atoms with Crippen LogP contribution in [0.5, 0.6) is 11.5 Å². The van der Waals surface area contributed by atoms with E-state index in [9.17, 15) is 4.79 Å². The molecule has 1 aromatic heterocycles. The summed E-state index contributed by atoms with van der Waals surface area (Å²) >= 11 is 6.16. The number of benzene rings is 2. The van der Waals surface area contributed by atoms with E-state index >= 15 is 0 Å². The normalized spacial score (nSPS) is 11.4. The van der Waals surface area contributed by atoms with Crippen LogP contribution < -0.4 is 14.8 Å². The summed E-state index contributed by atoms with van der Waals surface area (Å²) in [6.07, 6.45) is 1.96. The maximum atomic E-state index is 13.2. The van der Waals surface area contributed by atoms with Crippen molar-refractivity contribution in [3.63, 3.8) is 0 Å². The fourth-order valence-electron chi connectivity index (χ4n) is 3.32. The lowest BCUT2D eigenvalue weighted by Crippen LogP contribution is -2.17. The number of carbonyl (C=O) groups is 1. The van der Waals surface area contributed by atoms with Crippen LogP contribution in [0.25, 0.3) is 5.69 Å². The fourth-order valence-corrected chi connectivity index (χ4v) is 3.49. The van der Waals surface area contributed by atoms with Crippen LogP contribution in [0.3, 0.4) is 0 Å². The number of ether oxygens (including phenoxy) is 2. The lowest BCUT2D eigenvalue weighted by atomic mass is 9.87. The minimum atomic E-state index is -0.369. The highest BCUT2D eigenvalue weighted by Crippen LogP contribution is 2.33. The van der Waals surface area contributed by atoms with Gasteiger partial charge in [-0.25, -0.2) is 4.68 Å². The Balaban J connectivity index is 1.94. The van der Waals surface area contributed by atoms with Crippen molar-refractivity contribution in [3.05, 3.63) is 58.4 Å². The highest BCUT2D eigenvalue weighted by atomic mass is 35.5. The molecule has 0 bridgehead atoms. The van der Waals surface area contributed by atoms with Gasteiger partial charge in [0.1, 0.15) is 17.2 Å². The van der Waals surface area contributed by atoms with Crippen molar-refractivity contribution in [3.8, 4) is 17.2 Å². The van der Waals surface area contributed by atoms with Crippen LogP contribution >= 0.6 is 11.6 Å². The van der Waals surface area contributed by atoms with Gasteiger partial charge in [0.25, 0.3) is 5.91 Å². The van der Waals surface area contributed by atoms with Gasteiger partial charge in [0, 0.05) is 5.02 Å². The van der Waals surface area contributed by atoms with Gasteiger partial charge in [0.2, 0.25) is 0 Å². The Labute approximate surface area is 200 Å². The van der Waals surface area contributed by atoms with Crippen molar-refractivity contribution in [2.45, 2.75) is 52.9 Å². The van der Waals surface area contributed by atoms with E-state index in [2.05, 4.69) is 43.3 Å². The van der Waals surface area contributed by atoms with E-state index in [0.717, 1.165) is 18.4 Å². The van der Waals surface area contributed by atoms with Gasteiger partial charge in [-0.2, -0.15) is 0 Å². The average molecular weight is 471 g/mol. The molecule has 0 aliphatic rings. The SMILES string of the molecule is CCCCOc1ccc(C(C)(C)C)cc1NC(=O)c1nnn(-c2cc(Cl)ccc2OC)c1C. The van der Waals surface area contributed by atoms with Gasteiger partial charge in [-0.05, 0) is 54.7 Å². The van der Waals surface area contributed by atoms with E-state index in [-0.39, 0.29) is 17.0 Å². The van der Waals surface area contributed by atoms with Gasteiger partial charge in [-0.3, -0.25) is 4.79 Å². The minimum Gasteiger partial charge on any atom is -0.494 e. The Morgan fingerprint density at radius 2 is 1.88 bits per heavy atom. The Morgan fingerprint density at radius 3 is 2.55 bits per heavy atom. The maximum absolute atomic E-state index is 13.2. The number of anilines is 1. The Bertz CT molecular complexity index is 1140. The quantitative estimate of drug-likeness (QED) is 0.410. The zero-order chi connectivity index (χ0) is 24.2. The van der Waals surface area contributed by atoms with E-state index < -0.39 is 0 Å². The van der Waals surface area contributed by atoms with Gasteiger partial charge < -0.3 is 14.8 Å². The van der Waals surface area contributed by atoms with Crippen LogP contribution in [0.2, 0.25) is 5.02 Å². The predicted molar refractivity (Wildman–Crippen MR) is 131 cm³/mol. The first kappa shape index (κ1) is 24.6. The van der Waals surface area contributed by atoms with E-state index in [1.165, 1.54) is 0 Å². The number of aromatic nitrogens is 3. The average Bonchev–Trinajstić information content (AvgIpc) is 3.15. The lowest BCUT2D eigenvalue weighted by Gasteiger charge is -2.21. The summed E-state index contributed by atoms with van der Waals surface area (Å²) in [6.45, 7) is 10.8. The van der Waals surface area contributed by atoms with E-state index in [1.54, 1.807) is 36.9 Å². The van der Waals surface area contributed by atoms with E-state index in [0.29, 0.717) is 40.2 Å². The van der Waals surface area contributed by atoms with Crippen molar-refractivity contribution in [2.24, 2.45) is 0 Å². The number of carbonyl (C=O) groups excluding carboxylic acids is 1. The van der Waals surface area contributed by atoms with Crippen molar-refractivity contribution < 1.29 is 14.3 Å². The van der Waals surface area contributed by atoms with Crippen LogP contribution in [0, 0.1) is 6.92 Å². The first-order valence-corrected chi connectivity index (χ1v) is 11.4. The van der Waals surface area contributed by atoms with Gasteiger partial charge in [0.15, 0.2) is 5.69 Å². The van der Waals surface area contributed by atoms with Gasteiger partial charge in [-0.15, -0.1) is 5.10 Å². The lowest BCUT2D eigenvalue weighted by molar-refractivity contribution is 0.102. The zero-order valence-corrected chi connectivity index (χ0v) is 20.8. The number of amides is 1. The molecule has 1 heterocycles. The molecule has 3 rings (SSSR count). The molecule has 0 saturated heterocycles. The second-order valence-electron chi connectivity index (χ2n) is 8.87. The van der Waals surface area contributed by atoms with Gasteiger partial charge in [-0.1, -0.05) is 57.0 Å². The maximum Gasteiger partial charge on any atom is 0.278 e. The zero-order valence-electron chi connectivity index (χ0n) is 20.0. The highest BCUT2D eigenvalue weighted by Gasteiger charge is 2.22. The molecule has 0 unspecified atom stereocenters. The third-order valence-electron chi connectivity index (χ3n) is 5.33. The fraction of sp³-hybridized carbons (Fsp3) is 0.400. The van der Waals surface area contributed by atoms with Crippen LogP contribution in [0.4, 0.5) is 5.69 Å². The molecule has 2 aromatic carbocycles. The molecule has 7 nitrogen and oxygen atoms in total. The highest BCUT2D eigenvalue weighted by molar-refractivity contribution is 6.30. The Hall–Kier alpha value is -3.06. The van der Waals surface area contributed by atoms with E-state index in [1.807, 2.05) is 18.2 Å². The van der Waals surface area contributed by atoms with Crippen molar-refractivity contribution in [1.82, 2.24) is 15.0 Å². The molecule has 0 atom stereocenters. The topological polar surface area (TPSA) is 78.3 Å². The summed E-state index contributed by atoms with van der Waals surface area (Å²) in [5.74, 6) is 0.835. The molecule has 0 aliphatic heterocycles. The Kier molecular flexibility index (Phi) is 7.64. The van der Waals surface area contributed by atoms with Crippen LogP contribution in [0.15, 0.2) is 36.4 Å². The predicted octanol–water partition coefficient (Wildman–Crippen LogP) is 5.97. The molecule has 0 fully saturated rings. The molecule has 176 valence electrons. The summed E-state index contributed by atoms with van der Waals surface area (Å²) in [4.78, 5) is 13.2. The smallest absolute Gasteiger partial charge is 0.278 e. The number of nitrogens with zero attached hydrogens (tertiary/aromatic N) is 3. The molecule has 0 spiro atoms. The first-order chi connectivity index (χ1) is 15.7. The molecule has 8 heteroatoms. The minimum absolute atomic E-state index is 0.0798. The van der Waals surface area contributed by atoms with Gasteiger partial charge in [0.05, 0.1) is 25.1 Å². The molecule has 33 heavy (non-hydrogen) atoms. The molecular formula is C25H31ClN4O3. The van der Waals surface area contributed by atoms with Crippen molar-refractivity contribution >= 4 is 23.2 Å². The second kappa shape index (κ2) is 10.3. The molecule has 0 saturated carbocycles. The summed E-state index contributed by atoms with van der Waals surface area (Å²) in [6, 6.07) is 11.1. The largest absolute Gasteiger partial charge is 0.494 e. The molecule has 0 aliphatic carbocycles. The standard InChI is InChI=1S/C25H31ClN4O3/c1-7-8-13-33-21-11-9-17(25(3,4)5)14-19(21)27-24(31)23-16(2)30(29-28-23)20-15-18(26)10-12-22(20)32-6/h9-12,14-15H,7-8,13H2,1-6H3,(H,27,31). The van der Waals surface area contributed by atoms with Crippen LogP contribution in [0.1, 0.15) is 62.3 Å². The van der Waals surface area contributed by atoms with Crippen molar-refractivity contribution in [1.29, 1.82) is 0 Å². The molecule has 0 radical (unpaired) electrons. The monoisotopic (exact) mass is 470 g/mol. The van der Waals surface area contributed by atoms with Crippen LogP contribution in [-0.2, 0) is 5.41 Å².